The molecule has 1 aromatic heterocycles. The van der Waals surface area contributed by atoms with E-state index in [0.29, 0.717) is 16.6 Å². The molecule has 6 nitrogen and oxygen atoms in total. The number of rotatable bonds is 6. The average Bonchev–Trinajstić information content (AvgIpc) is 3.20. The third kappa shape index (κ3) is 7.37. The second-order valence-corrected chi connectivity index (χ2v) is 7.59. The largest absolute Gasteiger partial charge is 0.390 e. The van der Waals surface area contributed by atoms with Crippen molar-refractivity contribution in [1.82, 2.24) is 10.5 Å². The highest BCUT2D eigenvalue weighted by Gasteiger charge is 2.11. The summed E-state index contributed by atoms with van der Waals surface area (Å²) in [6, 6.07) is 17.8. The number of fused-ring (bicyclic) bond motifs is 3. The summed E-state index contributed by atoms with van der Waals surface area (Å²) in [6.07, 6.45) is 2.12. The summed E-state index contributed by atoms with van der Waals surface area (Å²) < 4.78 is 0. The first kappa shape index (κ1) is 26.5. The summed E-state index contributed by atoms with van der Waals surface area (Å²) in [6.45, 7) is 4.63. The molecule has 0 aliphatic heterocycles. The molecular weight excluding hydrogens is 457 g/mol. The van der Waals surface area contributed by atoms with Crippen molar-refractivity contribution in [2.45, 2.75) is 20.3 Å². The van der Waals surface area contributed by atoms with E-state index in [4.69, 9.17) is 28.9 Å². The van der Waals surface area contributed by atoms with E-state index >= 15 is 0 Å². The van der Waals surface area contributed by atoms with Gasteiger partial charge in [-0.3, -0.25) is 4.99 Å². The normalized spacial score (nSPS) is 10.6. The van der Waals surface area contributed by atoms with E-state index in [1.54, 1.807) is 14.2 Å². The maximum absolute atomic E-state index is 6.23. The molecule has 8 heteroatoms. The molecule has 0 aliphatic rings. The molecule has 3 aromatic carbocycles. The number of halogens is 2. The highest BCUT2D eigenvalue weighted by atomic mass is 35.5. The van der Waals surface area contributed by atoms with Crippen molar-refractivity contribution in [3.8, 4) is 0 Å². The predicted octanol–water partition coefficient (Wildman–Crippen LogP) is 6.69. The summed E-state index contributed by atoms with van der Waals surface area (Å²) >= 11 is 12.2. The fourth-order valence-corrected chi connectivity index (χ4v) is 3.57. The van der Waals surface area contributed by atoms with Gasteiger partial charge < -0.3 is 20.9 Å². The highest BCUT2D eigenvalue weighted by molar-refractivity contribution is 6.32. The van der Waals surface area contributed by atoms with Crippen molar-refractivity contribution in [3.05, 3.63) is 70.2 Å². The van der Waals surface area contributed by atoms with Crippen LogP contribution in [0.2, 0.25) is 10.0 Å². The van der Waals surface area contributed by atoms with Crippen LogP contribution in [-0.4, -0.2) is 32.0 Å². The summed E-state index contributed by atoms with van der Waals surface area (Å²) in [5, 5.41) is 7.10. The van der Waals surface area contributed by atoms with Gasteiger partial charge in [-0.05, 0) is 66.6 Å². The standard InChI is InChI=1S/C21H18Cl2N4.C2H7NO.C2H6/c22-14-1-4-16(5-2-14)26-17-9-13(7-8-25-12-24)21-19(11-17)18-10-15(23)3-6-20(18)27-21;1-3-4-2;1-2/h1-6,9-12,26-27H,7-8H2,(H2,24,25);3H,1-2H3;1-2H3. The quantitative estimate of drug-likeness (QED) is 0.138. The minimum atomic E-state index is 0.631. The minimum Gasteiger partial charge on any atom is -0.390 e. The number of hydroxylamine groups is 1. The molecule has 0 unspecified atom stereocenters. The van der Waals surface area contributed by atoms with E-state index in [1.165, 1.54) is 11.9 Å². The molecule has 0 amide bonds. The van der Waals surface area contributed by atoms with Gasteiger partial charge >= 0.3 is 0 Å². The first-order valence-electron chi connectivity index (χ1n) is 10.7. The molecule has 0 saturated heterocycles. The van der Waals surface area contributed by atoms with Gasteiger partial charge in [-0.2, -0.15) is 0 Å². The van der Waals surface area contributed by atoms with Crippen LogP contribution >= 0.6 is 23.2 Å². The van der Waals surface area contributed by atoms with E-state index in [2.05, 4.69) is 37.7 Å². The predicted molar refractivity (Wildman–Crippen MR) is 144 cm³/mol. The first-order chi connectivity index (χ1) is 16.0. The van der Waals surface area contributed by atoms with Crippen molar-refractivity contribution in [2.24, 2.45) is 10.7 Å². The Balaban J connectivity index is 0.000000582. The third-order valence-electron chi connectivity index (χ3n) is 4.70. The number of anilines is 2. The Hall–Kier alpha value is -2.77. The fourth-order valence-electron chi connectivity index (χ4n) is 3.27. The molecule has 0 radical (unpaired) electrons. The Morgan fingerprint density at radius 2 is 1.64 bits per heavy atom. The van der Waals surface area contributed by atoms with Crippen molar-refractivity contribution in [2.75, 3.05) is 26.0 Å². The molecule has 4 aromatic rings. The van der Waals surface area contributed by atoms with E-state index in [0.717, 1.165) is 39.6 Å². The van der Waals surface area contributed by atoms with E-state index < -0.39 is 0 Å². The van der Waals surface area contributed by atoms with Crippen LogP contribution in [0.15, 0.2) is 59.6 Å². The Morgan fingerprint density at radius 1 is 0.970 bits per heavy atom. The summed E-state index contributed by atoms with van der Waals surface area (Å²) in [5.74, 6) is 0. The number of aliphatic imine (C=N–C) groups is 1. The second-order valence-electron chi connectivity index (χ2n) is 6.72. The molecule has 0 bridgehead atoms. The number of hydrogen-bond donors (Lipinski definition) is 4. The smallest absolute Gasteiger partial charge is 0.0797 e. The Kier molecular flexibility index (Phi) is 11.0. The maximum atomic E-state index is 6.23. The van der Waals surface area contributed by atoms with E-state index in [1.807, 2.05) is 56.3 Å². The lowest BCUT2D eigenvalue weighted by molar-refractivity contribution is 0.112. The topological polar surface area (TPSA) is 87.5 Å². The van der Waals surface area contributed by atoms with Crippen molar-refractivity contribution in [1.29, 1.82) is 0 Å². The van der Waals surface area contributed by atoms with Crippen LogP contribution in [0.1, 0.15) is 19.4 Å². The number of nitrogens with one attached hydrogen (secondary N) is 3. The van der Waals surface area contributed by atoms with Crippen LogP contribution in [-0.2, 0) is 11.3 Å². The first-order valence-corrected chi connectivity index (χ1v) is 11.5. The average molecular weight is 488 g/mol. The maximum Gasteiger partial charge on any atom is 0.0797 e. The minimum absolute atomic E-state index is 0.631. The van der Waals surface area contributed by atoms with Crippen LogP contribution in [0.4, 0.5) is 11.4 Å². The number of hydrogen-bond acceptors (Lipinski definition) is 4. The molecule has 0 aliphatic carbocycles. The molecule has 33 heavy (non-hydrogen) atoms. The number of aromatic nitrogens is 1. The van der Waals surface area contributed by atoms with Gasteiger partial charge in [0.1, 0.15) is 0 Å². The number of nitrogens with zero attached hydrogens (tertiary/aromatic N) is 1. The number of aromatic amines is 1. The summed E-state index contributed by atoms with van der Waals surface area (Å²) in [5.41, 5.74) is 13.1. The fraction of sp³-hybridized carbons (Fsp3) is 0.240. The zero-order valence-electron chi connectivity index (χ0n) is 19.4. The lowest BCUT2D eigenvalue weighted by Crippen LogP contribution is -2.00. The highest BCUT2D eigenvalue weighted by Crippen LogP contribution is 2.33. The van der Waals surface area contributed by atoms with Crippen LogP contribution in [0.5, 0.6) is 0 Å². The molecule has 0 saturated carbocycles. The Bertz CT molecular complexity index is 1170. The van der Waals surface area contributed by atoms with Gasteiger partial charge in [0.2, 0.25) is 0 Å². The van der Waals surface area contributed by atoms with Crippen molar-refractivity contribution >= 4 is 62.7 Å². The molecule has 0 spiro atoms. The molecular formula is C25H31Cl2N5O. The molecule has 1 heterocycles. The Labute approximate surface area is 205 Å². The van der Waals surface area contributed by atoms with Crippen LogP contribution < -0.4 is 16.5 Å². The van der Waals surface area contributed by atoms with Gasteiger partial charge in [-0.25, -0.2) is 5.48 Å². The third-order valence-corrected chi connectivity index (χ3v) is 5.19. The molecule has 5 N–H and O–H groups in total. The van der Waals surface area contributed by atoms with Crippen LogP contribution in [0, 0.1) is 0 Å². The van der Waals surface area contributed by atoms with Crippen LogP contribution in [0.25, 0.3) is 21.8 Å². The molecule has 4 rings (SSSR count). The van der Waals surface area contributed by atoms with Crippen molar-refractivity contribution < 1.29 is 4.84 Å². The number of nitrogens with two attached hydrogens (primary N) is 1. The second kappa shape index (κ2) is 13.7. The van der Waals surface area contributed by atoms with Crippen LogP contribution in [0.3, 0.4) is 0 Å². The van der Waals surface area contributed by atoms with Gasteiger partial charge in [-0.15, -0.1) is 0 Å². The van der Waals surface area contributed by atoms with Gasteiger partial charge in [0.15, 0.2) is 0 Å². The summed E-state index contributed by atoms with van der Waals surface area (Å²) in [4.78, 5) is 12.0. The number of benzene rings is 3. The SMILES string of the molecule is CC.CNOC.NC=NCCc1cc(Nc2ccc(Cl)cc2)cc2c1[nH]c1ccc(Cl)cc12. The monoisotopic (exact) mass is 487 g/mol. The molecule has 176 valence electrons. The summed E-state index contributed by atoms with van der Waals surface area (Å²) in [7, 11) is 3.28. The molecule has 0 fully saturated rings. The van der Waals surface area contributed by atoms with Crippen molar-refractivity contribution in [3.63, 3.8) is 0 Å². The lowest BCUT2D eigenvalue weighted by Gasteiger charge is -2.10. The lowest BCUT2D eigenvalue weighted by atomic mass is 10.0. The van der Waals surface area contributed by atoms with Gasteiger partial charge in [0, 0.05) is 56.8 Å². The number of H-pyrrole nitrogens is 1. The van der Waals surface area contributed by atoms with E-state index in [9.17, 15) is 0 Å². The van der Waals surface area contributed by atoms with E-state index in [-0.39, 0.29) is 0 Å². The zero-order chi connectivity index (χ0) is 24.2. The van der Waals surface area contributed by atoms with Gasteiger partial charge in [-0.1, -0.05) is 37.0 Å². The Morgan fingerprint density at radius 3 is 2.27 bits per heavy atom. The van der Waals surface area contributed by atoms with Gasteiger partial charge in [0.25, 0.3) is 0 Å². The molecule has 0 atom stereocenters. The van der Waals surface area contributed by atoms with Gasteiger partial charge in [0.05, 0.1) is 13.4 Å². The zero-order valence-corrected chi connectivity index (χ0v) is 20.9.